The van der Waals surface area contributed by atoms with E-state index in [0.29, 0.717) is 17.2 Å². The standard InChI is InChI=1S/C21H20ClF3N4O2S/c1-3-31-29-16(19-15(22)8-14(10-27-19)7-6-13-4-5-13)11-26-18(30)9-17-20(21(23,24)25)28-12(2)32-17/h8,10,13H,3-5,9,11H2,1-2H3,(H,26,30). The van der Waals surface area contributed by atoms with Crippen LogP contribution in [0.15, 0.2) is 17.4 Å². The molecule has 0 atom stereocenters. The number of oxime groups is 1. The number of rotatable bonds is 7. The predicted octanol–water partition coefficient (Wildman–Crippen LogP) is 4.38. The van der Waals surface area contributed by atoms with Crippen molar-refractivity contribution in [2.45, 2.75) is 39.3 Å². The quantitative estimate of drug-likeness (QED) is 0.359. The van der Waals surface area contributed by atoms with E-state index in [2.05, 4.69) is 32.3 Å². The minimum absolute atomic E-state index is 0.127. The van der Waals surface area contributed by atoms with Crippen molar-refractivity contribution < 1.29 is 22.8 Å². The van der Waals surface area contributed by atoms with Crippen molar-refractivity contribution in [1.29, 1.82) is 0 Å². The molecule has 0 saturated heterocycles. The van der Waals surface area contributed by atoms with Gasteiger partial charge in [0.1, 0.15) is 18.0 Å². The first kappa shape index (κ1) is 24.0. The van der Waals surface area contributed by atoms with Crippen LogP contribution in [0.3, 0.4) is 0 Å². The zero-order chi connectivity index (χ0) is 23.3. The van der Waals surface area contributed by atoms with Gasteiger partial charge in [0.15, 0.2) is 5.69 Å². The van der Waals surface area contributed by atoms with Crippen LogP contribution in [0, 0.1) is 24.7 Å². The minimum Gasteiger partial charge on any atom is -0.396 e. The Labute approximate surface area is 192 Å². The van der Waals surface area contributed by atoms with Crippen LogP contribution in [-0.2, 0) is 22.2 Å². The number of nitrogens with zero attached hydrogens (tertiary/aromatic N) is 3. The maximum absolute atomic E-state index is 13.1. The molecule has 2 aromatic rings. The van der Waals surface area contributed by atoms with Gasteiger partial charge in [0, 0.05) is 22.6 Å². The van der Waals surface area contributed by atoms with Crippen LogP contribution in [0.5, 0.6) is 0 Å². The molecule has 11 heteroatoms. The number of halogens is 4. The molecule has 32 heavy (non-hydrogen) atoms. The highest BCUT2D eigenvalue weighted by molar-refractivity contribution is 7.11. The molecule has 2 aromatic heterocycles. The summed E-state index contributed by atoms with van der Waals surface area (Å²) in [5.41, 5.74) is 0.155. The van der Waals surface area contributed by atoms with Gasteiger partial charge in [-0.05, 0) is 32.8 Å². The number of alkyl halides is 3. The summed E-state index contributed by atoms with van der Waals surface area (Å²) >= 11 is 7.18. The number of hydrogen-bond donors (Lipinski definition) is 1. The molecule has 6 nitrogen and oxygen atoms in total. The number of pyridine rings is 1. The van der Waals surface area contributed by atoms with Gasteiger partial charge in [0.2, 0.25) is 5.91 Å². The summed E-state index contributed by atoms with van der Waals surface area (Å²) in [4.78, 5) is 25.1. The maximum Gasteiger partial charge on any atom is 0.434 e. The third-order valence-electron chi connectivity index (χ3n) is 4.26. The molecule has 0 unspecified atom stereocenters. The molecule has 0 aromatic carbocycles. The first-order chi connectivity index (χ1) is 15.2. The zero-order valence-corrected chi connectivity index (χ0v) is 18.9. The summed E-state index contributed by atoms with van der Waals surface area (Å²) in [6.07, 6.45) is -1.33. The lowest BCUT2D eigenvalue weighted by molar-refractivity contribution is -0.141. The first-order valence-corrected chi connectivity index (χ1v) is 11.0. The Kier molecular flexibility index (Phi) is 7.74. The Balaban J connectivity index is 1.70. The fraction of sp³-hybridized carbons (Fsp3) is 0.429. The smallest absolute Gasteiger partial charge is 0.396 e. The van der Waals surface area contributed by atoms with Crippen LogP contribution >= 0.6 is 22.9 Å². The topological polar surface area (TPSA) is 76.5 Å². The van der Waals surface area contributed by atoms with Gasteiger partial charge in [0.25, 0.3) is 0 Å². The average molecular weight is 485 g/mol. The van der Waals surface area contributed by atoms with Crippen molar-refractivity contribution in [3.63, 3.8) is 0 Å². The van der Waals surface area contributed by atoms with E-state index >= 15 is 0 Å². The normalized spacial score (nSPS) is 14.0. The summed E-state index contributed by atoms with van der Waals surface area (Å²) in [5.74, 6) is 5.95. The Bertz CT molecular complexity index is 1080. The lowest BCUT2D eigenvalue weighted by Crippen LogP contribution is -2.32. The fourth-order valence-corrected chi connectivity index (χ4v) is 3.86. The monoisotopic (exact) mass is 484 g/mol. The average Bonchev–Trinajstić information content (AvgIpc) is 3.47. The molecule has 1 aliphatic carbocycles. The molecule has 3 rings (SSSR count). The minimum atomic E-state index is -4.62. The molecule has 0 aliphatic heterocycles. The highest BCUT2D eigenvalue weighted by atomic mass is 35.5. The number of carbonyl (C=O) groups excluding carboxylic acids is 1. The molecule has 1 amide bonds. The fourth-order valence-electron chi connectivity index (χ4n) is 2.63. The predicted molar refractivity (Wildman–Crippen MR) is 116 cm³/mol. The van der Waals surface area contributed by atoms with Crippen molar-refractivity contribution in [2.75, 3.05) is 13.2 Å². The van der Waals surface area contributed by atoms with Gasteiger partial charge >= 0.3 is 6.18 Å². The summed E-state index contributed by atoms with van der Waals surface area (Å²) in [5, 5.41) is 7.02. The molecule has 1 fully saturated rings. The van der Waals surface area contributed by atoms with E-state index in [9.17, 15) is 18.0 Å². The Morgan fingerprint density at radius 1 is 1.44 bits per heavy atom. The van der Waals surface area contributed by atoms with E-state index < -0.39 is 24.2 Å². The third kappa shape index (κ3) is 6.68. The van der Waals surface area contributed by atoms with Gasteiger partial charge in [-0.15, -0.1) is 11.3 Å². The zero-order valence-electron chi connectivity index (χ0n) is 17.3. The summed E-state index contributed by atoms with van der Waals surface area (Å²) in [7, 11) is 0. The Hall–Kier alpha value is -2.64. The number of carbonyl (C=O) groups is 1. The summed E-state index contributed by atoms with van der Waals surface area (Å²) in [6.45, 7) is 3.34. The van der Waals surface area contributed by atoms with Gasteiger partial charge in [-0.2, -0.15) is 13.2 Å². The van der Waals surface area contributed by atoms with E-state index in [0.717, 1.165) is 24.2 Å². The van der Waals surface area contributed by atoms with E-state index in [-0.39, 0.29) is 33.8 Å². The summed E-state index contributed by atoms with van der Waals surface area (Å²) < 4.78 is 39.3. The lowest BCUT2D eigenvalue weighted by Gasteiger charge is -2.10. The van der Waals surface area contributed by atoms with Crippen LogP contribution in [0.25, 0.3) is 0 Å². The molecular formula is C21H20ClF3N4O2S. The SMILES string of the molecule is CCON=C(CNC(=O)Cc1sc(C)nc1C(F)(F)F)c1ncc(C#CC2CC2)cc1Cl. The van der Waals surface area contributed by atoms with Gasteiger partial charge in [-0.3, -0.25) is 9.78 Å². The second-order valence-corrected chi connectivity index (χ2v) is 8.70. The third-order valence-corrected chi connectivity index (χ3v) is 5.52. The number of amides is 1. The summed E-state index contributed by atoms with van der Waals surface area (Å²) in [6, 6.07) is 1.65. The van der Waals surface area contributed by atoms with Gasteiger partial charge in [-0.1, -0.05) is 28.6 Å². The lowest BCUT2D eigenvalue weighted by atomic mass is 10.2. The molecule has 0 spiro atoms. The molecule has 0 radical (unpaired) electrons. The molecule has 2 heterocycles. The number of thiazole rings is 1. The number of aryl methyl sites for hydroxylation is 1. The Morgan fingerprint density at radius 2 is 2.19 bits per heavy atom. The molecule has 170 valence electrons. The van der Waals surface area contributed by atoms with Crippen molar-refractivity contribution in [3.8, 4) is 11.8 Å². The number of hydrogen-bond acceptors (Lipinski definition) is 6. The van der Waals surface area contributed by atoms with E-state index in [4.69, 9.17) is 16.4 Å². The van der Waals surface area contributed by atoms with Crippen LogP contribution in [-0.4, -0.2) is 34.7 Å². The van der Waals surface area contributed by atoms with Crippen LogP contribution in [0.2, 0.25) is 5.02 Å². The van der Waals surface area contributed by atoms with Crippen molar-refractivity contribution >= 4 is 34.6 Å². The van der Waals surface area contributed by atoms with E-state index in [1.807, 2.05) is 0 Å². The van der Waals surface area contributed by atoms with Crippen molar-refractivity contribution in [2.24, 2.45) is 11.1 Å². The molecule has 1 aliphatic rings. The van der Waals surface area contributed by atoms with Crippen molar-refractivity contribution in [3.05, 3.63) is 44.1 Å². The van der Waals surface area contributed by atoms with Gasteiger partial charge in [0.05, 0.1) is 23.0 Å². The van der Waals surface area contributed by atoms with Crippen LogP contribution in [0.4, 0.5) is 13.2 Å². The van der Waals surface area contributed by atoms with E-state index in [1.165, 1.54) is 6.92 Å². The van der Waals surface area contributed by atoms with Gasteiger partial charge in [-0.25, -0.2) is 4.98 Å². The molecule has 0 bridgehead atoms. The molecule has 1 N–H and O–H groups in total. The van der Waals surface area contributed by atoms with Crippen LogP contribution < -0.4 is 5.32 Å². The first-order valence-electron chi connectivity index (χ1n) is 9.83. The Morgan fingerprint density at radius 3 is 2.81 bits per heavy atom. The molecule has 1 saturated carbocycles. The largest absolute Gasteiger partial charge is 0.434 e. The number of nitrogens with one attached hydrogen (secondary N) is 1. The van der Waals surface area contributed by atoms with Crippen LogP contribution in [0.1, 0.15) is 46.6 Å². The van der Waals surface area contributed by atoms with E-state index in [1.54, 1.807) is 19.2 Å². The second-order valence-electron chi connectivity index (χ2n) is 7.01. The van der Waals surface area contributed by atoms with Gasteiger partial charge < -0.3 is 10.2 Å². The van der Waals surface area contributed by atoms with Crippen molar-refractivity contribution in [1.82, 2.24) is 15.3 Å². The number of aromatic nitrogens is 2. The highest BCUT2D eigenvalue weighted by Crippen LogP contribution is 2.34. The second kappa shape index (κ2) is 10.3. The maximum atomic E-state index is 13.1. The highest BCUT2D eigenvalue weighted by Gasteiger charge is 2.37. The molecular weight excluding hydrogens is 465 g/mol.